The minimum atomic E-state index is 0.00554. The number of anilines is 2. The number of nitrogens with zero attached hydrogens (tertiary/aromatic N) is 5. The van der Waals surface area contributed by atoms with Gasteiger partial charge in [-0.05, 0) is 38.5 Å². The van der Waals surface area contributed by atoms with Crippen molar-refractivity contribution in [2.24, 2.45) is 11.8 Å². The lowest BCUT2D eigenvalue weighted by atomic mass is 9.96. The van der Waals surface area contributed by atoms with Crippen molar-refractivity contribution < 1.29 is 9.53 Å². The number of rotatable bonds is 7. The van der Waals surface area contributed by atoms with Gasteiger partial charge in [0, 0.05) is 31.7 Å². The average molecular weight is 399 g/mol. The van der Waals surface area contributed by atoms with Crippen LogP contribution in [0.4, 0.5) is 11.5 Å². The highest BCUT2D eigenvalue weighted by Gasteiger charge is 2.26. The monoisotopic (exact) mass is 398 g/mol. The van der Waals surface area contributed by atoms with Gasteiger partial charge in [0.25, 0.3) is 0 Å². The molecule has 3 heterocycles. The van der Waals surface area contributed by atoms with Crippen LogP contribution in [-0.4, -0.2) is 45.4 Å². The van der Waals surface area contributed by atoms with Crippen LogP contribution in [0.1, 0.15) is 45.4 Å². The van der Waals surface area contributed by atoms with Gasteiger partial charge in [-0.3, -0.25) is 14.5 Å². The first kappa shape index (κ1) is 19.7. The van der Waals surface area contributed by atoms with Gasteiger partial charge < -0.3 is 15.0 Å². The Morgan fingerprint density at radius 1 is 1.17 bits per heavy atom. The molecule has 4 rings (SSSR count). The van der Waals surface area contributed by atoms with Crippen LogP contribution >= 0.6 is 0 Å². The van der Waals surface area contributed by atoms with Crippen molar-refractivity contribution in [3.8, 4) is 5.88 Å². The normalized spacial score (nSPS) is 18.2. The van der Waals surface area contributed by atoms with E-state index in [0.717, 1.165) is 50.6 Å². The van der Waals surface area contributed by atoms with E-state index < -0.39 is 0 Å². The summed E-state index contributed by atoms with van der Waals surface area (Å²) in [5.74, 6) is 2.16. The van der Waals surface area contributed by atoms with E-state index in [1.807, 2.05) is 13.1 Å². The molecular formula is C21H30N6O2. The summed E-state index contributed by atoms with van der Waals surface area (Å²) < 4.78 is 7.69. The SMILES string of the molecule is CCn1cc(NC(=O)C2CCN(c3cncc(OCC4CCCC4)n3)CC2)cn1. The topological polar surface area (TPSA) is 85.2 Å². The lowest BCUT2D eigenvalue weighted by molar-refractivity contribution is -0.120. The van der Waals surface area contributed by atoms with Crippen molar-refractivity contribution >= 4 is 17.4 Å². The Balaban J connectivity index is 1.27. The predicted molar refractivity (Wildman–Crippen MR) is 111 cm³/mol. The molecule has 0 radical (unpaired) electrons. The molecule has 2 aromatic rings. The van der Waals surface area contributed by atoms with E-state index in [4.69, 9.17) is 4.74 Å². The first-order chi connectivity index (χ1) is 14.2. The molecule has 2 fully saturated rings. The minimum absolute atomic E-state index is 0.00554. The third kappa shape index (κ3) is 5.05. The number of ether oxygens (including phenoxy) is 1. The van der Waals surface area contributed by atoms with E-state index in [9.17, 15) is 4.79 Å². The highest BCUT2D eigenvalue weighted by molar-refractivity contribution is 5.92. The van der Waals surface area contributed by atoms with Gasteiger partial charge in [-0.1, -0.05) is 12.8 Å². The molecular weight excluding hydrogens is 368 g/mol. The summed E-state index contributed by atoms with van der Waals surface area (Å²) in [5.41, 5.74) is 0.761. The third-order valence-corrected chi connectivity index (χ3v) is 5.96. The number of piperidine rings is 1. The number of carbonyl (C=O) groups is 1. The summed E-state index contributed by atoms with van der Waals surface area (Å²) in [4.78, 5) is 23.7. The standard InChI is InChI=1S/C21H30N6O2/c1-2-27-14-18(11-23-27)24-21(28)17-7-9-26(10-8-17)19-12-22-13-20(25-19)29-15-16-5-3-4-6-16/h11-14,16-17H,2-10,15H2,1H3,(H,24,28). The van der Waals surface area contributed by atoms with Crippen molar-refractivity contribution in [1.82, 2.24) is 19.7 Å². The third-order valence-electron chi connectivity index (χ3n) is 5.96. The van der Waals surface area contributed by atoms with E-state index in [1.54, 1.807) is 23.3 Å². The van der Waals surface area contributed by atoms with Crippen LogP contribution in [0.2, 0.25) is 0 Å². The molecule has 0 unspecified atom stereocenters. The van der Waals surface area contributed by atoms with E-state index >= 15 is 0 Å². The second-order valence-electron chi connectivity index (χ2n) is 8.01. The molecule has 1 amide bonds. The molecule has 29 heavy (non-hydrogen) atoms. The number of amides is 1. The van der Waals surface area contributed by atoms with Crippen LogP contribution in [0.5, 0.6) is 5.88 Å². The summed E-state index contributed by atoms with van der Waals surface area (Å²) in [6.07, 6.45) is 13.7. The second kappa shape index (κ2) is 9.24. The van der Waals surface area contributed by atoms with Crippen molar-refractivity contribution in [2.75, 3.05) is 29.9 Å². The Bertz CT molecular complexity index is 809. The van der Waals surface area contributed by atoms with E-state index in [-0.39, 0.29) is 11.8 Å². The van der Waals surface area contributed by atoms with Gasteiger partial charge >= 0.3 is 0 Å². The Kier molecular flexibility index (Phi) is 6.27. The highest BCUT2D eigenvalue weighted by Crippen LogP contribution is 2.26. The van der Waals surface area contributed by atoms with Crippen LogP contribution < -0.4 is 15.0 Å². The largest absolute Gasteiger partial charge is 0.476 e. The number of aromatic nitrogens is 4. The van der Waals surface area contributed by atoms with Crippen LogP contribution in [0.25, 0.3) is 0 Å². The Labute approximate surface area is 171 Å². The number of hydrogen-bond acceptors (Lipinski definition) is 6. The molecule has 8 heteroatoms. The second-order valence-corrected chi connectivity index (χ2v) is 8.01. The van der Waals surface area contributed by atoms with Crippen molar-refractivity contribution in [3.05, 3.63) is 24.8 Å². The van der Waals surface area contributed by atoms with Crippen LogP contribution in [0.15, 0.2) is 24.8 Å². The molecule has 0 aromatic carbocycles. The maximum Gasteiger partial charge on any atom is 0.234 e. The lowest BCUT2D eigenvalue weighted by Crippen LogP contribution is -2.38. The molecule has 0 bridgehead atoms. The molecule has 1 N–H and O–H groups in total. The number of nitrogens with one attached hydrogen (secondary N) is 1. The summed E-state index contributed by atoms with van der Waals surface area (Å²) in [6.45, 7) is 5.11. The van der Waals surface area contributed by atoms with Gasteiger partial charge in [0.2, 0.25) is 11.8 Å². The molecule has 1 aliphatic carbocycles. The molecule has 156 valence electrons. The molecule has 2 aliphatic rings. The van der Waals surface area contributed by atoms with Gasteiger partial charge in [0.1, 0.15) is 0 Å². The van der Waals surface area contributed by atoms with E-state index in [1.165, 1.54) is 25.7 Å². The van der Waals surface area contributed by atoms with Crippen LogP contribution in [0.3, 0.4) is 0 Å². The van der Waals surface area contributed by atoms with E-state index in [2.05, 4.69) is 25.3 Å². The predicted octanol–water partition coefficient (Wildman–Crippen LogP) is 3.12. The van der Waals surface area contributed by atoms with E-state index in [0.29, 0.717) is 11.8 Å². The Morgan fingerprint density at radius 3 is 2.69 bits per heavy atom. The molecule has 1 aliphatic heterocycles. The van der Waals surface area contributed by atoms with Crippen LogP contribution in [0, 0.1) is 11.8 Å². The van der Waals surface area contributed by atoms with Crippen molar-refractivity contribution in [3.63, 3.8) is 0 Å². The first-order valence-corrected chi connectivity index (χ1v) is 10.7. The first-order valence-electron chi connectivity index (χ1n) is 10.7. The minimum Gasteiger partial charge on any atom is -0.476 e. The number of aryl methyl sites for hydroxylation is 1. The number of hydrogen-bond donors (Lipinski definition) is 1. The summed E-state index contributed by atoms with van der Waals surface area (Å²) >= 11 is 0. The van der Waals surface area contributed by atoms with Gasteiger partial charge in [-0.2, -0.15) is 10.1 Å². The zero-order chi connectivity index (χ0) is 20.1. The Hall–Kier alpha value is -2.64. The molecule has 1 saturated heterocycles. The lowest BCUT2D eigenvalue weighted by Gasteiger charge is -2.31. The van der Waals surface area contributed by atoms with Gasteiger partial charge in [0.15, 0.2) is 5.82 Å². The maximum absolute atomic E-state index is 12.6. The van der Waals surface area contributed by atoms with Crippen LogP contribution in [-0.2, 0) is 11.3 Å². The molecule has 2 aromatic heterocycles. The molecule has 1 saturated carbocycles. The Morgan fingerprint density at radius 2 is 1.97 bits per heavy atom. The smallest absolute Gasteiger partial charge is 0.234 e. The van der Waals surface area contributed by atoms with Gasteiger partial charge in [-0.25, -0.2) is 0 Å². The zero-order valence-electron chi connectivity index (χ0n) is 17.1. The van der Waals surface area contributed by atoms with Crippen molar-refractivity contribution in [1.29, 1.82) is 0 Å². The molecule has 0 atom stereocenters. The molecule has 0 spiro atoms. The molecule has 8 nitrogen and oxygen atoms in total. The average Bonchev–Trinajstić information content (AvgIpc) is 3.44. The summed E-state index contributed by atoms with van der Waals surface area (Å²) in [6, 6.07) is 0. The zero-order valence-corrected chi connectivity index (χ0v) is 17.1. The van der Waals surface area contributed by atoms with Crippen molar-refractivity contribution in [2.45, 2.75) is 52.0 Å². The maximum atomic E-state index is 12.6. The fourth-order valence-corrected chi connectivity index (χ4v) is 4.16. The fourth-order valence-electron chi connectivity index (χ4n) is 4.16. The van der Waals surface area contributed by atoms with Gasteiger partial charge in [-0.15, -0.1) is 0 Å². The fraction of sp³-hybridized carbons (Fsp3) is 0.619. The summed E-state index contributed by atoms with van der Waals surface area (Å²) in [5, 5.41) is 7.18. The quantitative estimate of drug-likeness (QED) is 0.771. The summed E-state index contributed by atoms with van der Waals surface area (Å²) in [7, 11) is 0. The van der Waals surface area contributed by atoms with Gasteiger partial charge in [0.05, 0.1) is 30.9 Å². The highest BCUT2D eigenvalue weighted by atomic mass is 16.5. The number of carbonyl (C=O) groups excluding carboxylic acids is 1.